The number of hydrogen-bond donors (Lipinski definition) is 1. The number of anilines is 1. The van der Waals surface area contributed by atoms with Crippen LogP contribution in [0.15, 0.2) is 12.1 Å². The lowest BCUT2D eigenvalue weighted by Crippen LogP contribution is -2.09. The van der Waals surface area contributed by atoms with Crippen LogP contribution < -0.4 is 5.32 Å². The molecule has 2 heterocycles. The van der Waals surface area contributed by atoms with E-state index < -0.39 is 0 Å². The largest absolute Gasteiger partial charge is 0.363 e. The molecule has 2 aromatic rings. The van der Waals surface area contributed by atoms with E-state index in [1.165, 1.54) is 9.75 Å². The van der Waals surface area contributed by atoms with Crippen molar-refractivity contribution < 1.29 is 0 Å². The molecule has 0 fully saturated rings. The van der Waals surface area contributed by atoms with Crippen molar-refractivity contribution in [3.63, 3.8) is 0 Å². The summed E-state index contributed by atoms with van der Waals surface area (Å²) in [5, 5.41) is 21.0. The van der Waals surface area contributed by atoms with E-state index in [1.54, 1.807) is 11.3 Å². The first-order valence-corrected chi connectivity index (χ1v) is 7.58. The quantitative estimate of drug-likeness (QED) is 0.914. The lowest BCUT2D eigenvalue weighted by atomic mass is 10.0. The Balaban J connectivity index is 2.25. The lowest BCUT2D eigenvalue weighted by Gasteiger charge is -2.11. The maximum Gasteiger partial charge on any atom is 0.167 e. The van der Waals surface area contributed by atoms with Crippen LogP contribution >= 0.6 is 11.3 Å². The second-order valence-corrected chi connectivity index (χ2v) is 5.91. The zero-order chi connectivity index (χ0) is 14.5. The van der Waals surface area contributed by atoms with Crippen LogP contribution in [0.25, 0.3) is 0 Å². The fourth-order valence-electron chi connectivity index (χ4n) is 2.17. The topological polar surface area (TPSA) is 61.6 Å². The molecule has 0 saturated carbocycles. The smallest absolute Gasteiger partial charge is 0.167 e. The van der Waals surface area contributed by atoms with Gasteiger partial charge in [-0.1, -0.05) is 13.8 Å². The van der Waals surface area contributed by atoms with Crippen molar-refractivity contribution in [3.05, 3.63) is 38.7 Å². The van der Waals surface area contributed by atoms with Crippen LogP contribution in [-0.2, 0) is 19.4 Å². The summed E-state index contributed by atoms with van der Waals surface area (Å²) in [4.78, 5) is 2.51. The summed E-state index contributed by atoms with van der Waals surface area (Å²) in [6, 6.07) is 6.45. The third-order valence-electron chi connectivity index (χ3n) is 3.18. The summed E-state index contributed by atoms with van der Waals surface area (Å²) >= 11 is 1.74. The number of aromatic nitrogens is 2. The van der Waals surface area contributed by atoms with Gasteiger partial charge >= 0.3 is 0 Å². The second-order valence-electron chi connectivity index (χ2n) is 4.53. The molecule has 1 N–H and O–H groups in total. The lowest BCUT2D eigenvalue weighted by molar-refractivity contribution is 0.870. The third kappa shape index (κ3) is 2.97. The van der Waals surface area contributed by atoms with E-state index in [0.717, 1.165) is 24.1 Å². The molecule has 0 aromatic carbocycles. The zero-order valence-electron chi connectivity index (χ0n) is 12.0. The Morgan fingerprint density at radius 1 is 1.25 bits per heavy atom. The SMILES string of the molecule is CCc1nnc(NCc2ccc(C)s2)c(C#N)c1CC. The molecule has 0 unspecified atom stereocenters. The number of hydrogen-bond acceptors (Lipinski definition) is 5. The van der Waals surface area contributed by atoms with Crippen molar-refractivity contribution in [2.75, 3.05) is 5.32 Å². The molecular formula is C15H18N4S. The van der Waals surface area contributed by atoms with Crippen molar-refractivity contribution in [1.82, 2.24) is 10.2 Å². The van der Waals surface area contributed by atoms with E-state index >= 15 is 0 Å². The number of nitriles is 1. The summed E-state index contributed by atoms with van der Waals surface area (Å²) in [5.41, 5.74) is 2.56. The summed E-state index contributed by atoms with van der Waals surface area (Å²) < 4.78 is 0. The minimum absolute atomic E-state index is 0.590. The molecule has 0 amide bonds. The molecule has 0 atom stereocenters. The molecule has 5 heteroatoms. The highest BCUT2D eigenvalue weighted by atomic mass is 32.1. The van der Waals surface area contributed by atoms with E-state index in [4.69, 9.17) is 0 Å². The molecule has 0 bridgehead atoms. The predicted octanol–water partition coefficient (Wildman–Crippen LogP) is 3.46. The Labute approximate surface area is 123 Å². The van der Waals surface area contributed by atoms with Crippen LogP contribution in [0.3, 0.4) is 0 Å². The number of rotatable bonds is 5. The highest BCUT2D eigenvalue weighted by Crippen LogP contribution is 2.22. The average molecular weight is 286 g/mol. The van der Waals surface area contributed by atoms with Crippen LogP contribution in [0.1, 0.15) is 40.4 Å². The molecule has 0 aliphatic heterocycles. The molecule has 2 aromatic heterocycles. The summed E-state index contributed by atoms with van der Waals surface area (Å²) in [7, 11) is 0. The van der Waals surface area contributed by atoms with Crippen molar-refractivity contribution in [3.8, 4) is 6.07 Å². The fraction of sp³-hybridized carbons (Fsp3) is 0.400. The first kappa shape index (κ1) is 14.5. The molecule has 2 rings (SSSR count). The Morgan fingerprint density at radius 3 is 2.60 bits per heavy atom. The van der Waals surface area contributed by atoms with Gasteiger partial charge in [0.1, 0.15) is 11.6 Å². The van der Waals surface area contributed by atoms with Gasteiger partial charge in [-0.05, 0) is 37.5 Å². The van der Waals surface area contributed by atoms with E-state index in [0.29, 0.717) is 17.9 Å². The van der Waals surface area contributed by atoms with Crippen molar-refractivity contribution in [2.45, 2.75) is 40.2 Å². The molecule has 0 radical (unpaired) electrons. The van der Waals surface area contributed by atoms with E-state index in [2.05, 4.69) is 40.6 Å². The highest BCUT2D eigenvalue weighted by molar-refractivity contribution is 7.11. The molecule has 104 valence electrons. The van der Waals surface area contributed by atoms with E-state index in [1.807, 2.05) is 13.8 Å². The van der Waals surface area contributed by atoms with Gasteiger partial charge in [-0.3, -0.25) is 0 Å². The van der Waals surface area contributed by atoms with Crippen molar-refractivity contribution in [1.29, 1.82) is 5.26 Å². The Morgan fingerprint density at radius 2 is 2.05 bits per heavy atom. The Bertz CT molecular complexity index is 640. The first-order chi connectivity index (χ1) is 9.69. The Kier molecular flexibility index (Phi) is 4.70. The van der Waals surface area contributed by atoms with Gasteiger partial charge < -0.3 is 5.32 Å². The molecule has 0 aliphatic rings. The molecule has 20 heavy (non-hydrogen) atoms. The highest BCUT2D eigenvalue weighted by Gasteiger charge is 2.14. The predicted molar refractivity (Wildman–Crippen MR) is 81.9 cm³/mol. The van der Waals surface area contributed by atoms with Gasteiger partial charge in [0, 0.05) is 9.75 Å². The Hall–Kier alpha value is -1.93. The van der Waals surface area contributed by atoms with Crippen LogP contribution in [0.5, 0.6) is 0 Å². The molecule has 0 spiro atoms. The van der Waals surface area contributed by atoms with Gasteiger partial charge in [-0.25, -0.2) is 0 Å². The van der Waals surface area contributed by atoms with Gasteiger partial charge in [0.15, 0.2) is 5.82 Å². The first-order valence-electron chi connectivity index (χ1n) is 6.77. The second kappa shape index (κ2) is 6.49. The van der Waals surface area contributed by atoms with Gasteiger partial charge in [0.2, 0.25) is 0 Å². The summed E-state index contributed by atoms with van der Waals surface area (Å²) in [5.74, 6) is 0.590. The van der Waals surface area contributed by atoms with Gasteiger partial charge in [-0.2, -0.15) is 10.4 Å². The maximum atomic E-state index is 9.40. The number of nitrogens with one attached hydrogen (secondary N) is 1. The van der Waals surface area contributed by atoms with E-state index in [-0.39, 0.29) is 0 Å². The number of aryl methyl sites for hydroxylation is 2. The third-order valence-corrected chi connectivity index (χ3v) is 4.18. The monoisotopic (exact) mass is 286 g/mol. The van der Waals surface area contributed by atoms with Crippen molar-refractivity contribution in [2.24, 2.45) is 0 Å². The summed E-state index contributed by atoms with van der Waals surface area (Å²) in [6.45, 7) is 6.84. The van der Waals surface area contributed by atoms with Crippen LogP contribution in [0.4, 0.5) is 5.82 Å². The standard InChI is InChI=1S/C15H18N4S/c1-4-12-13(8-16)15(19-18-14(12)5-2)17-9-11-7-6-10(3)20-11/h6-7H,4-5,9H2,1-3H3,(H,17,19). The molecule has 0 aliphatic carbocycles. The zero-order valence-corrected chi connectivity index (χ0v) is 12.8. The fourth-order valence-corrected chi connectivity index (χ4v) is 3.00. The summed E-state index contributed by atoms with van der Waals surface area (Å²) in [6.07, 6.45) is 1.60. The minimum Gasteiger partial charge on any atom is -0.363 e. The van der Waals surface area contributed by atoms with Gasteiger partial charge in [0.25, 0.3) is 0 Å². The van der Waals surface area contributed by atoms with E-state index in [9.17, 15) is 5.26 Å². The molecule has 0 saturated heterocycles. The average Bonchev–Trinajstić information content (AvgIpc) is 2.89. The number of thiophene rings is 1. The van der Waals surface area contributed by atoms with Crippen LogP contribution in [0, 0.1) is 18.3 Å². The van der Waals surface area contributed by atoms with Gasteiger partial charge in [-0.15, -0.1) is 16.4 Å². The normalized spacial score (nSPS) is 10.3. The van der Waals surface area contributed by atoms with Crippen LogP contribution in [-0.4, -0.2) is 10.2 Å². The molecular weight excluding hydrogens is 268 g/mol. The number of nitrogens with zero attached hydrogens (tertiary/aromatic N) is 3. The van der Waals surface area contributed by atoms with Gasteiger partial charge in [0.05, 0.1) is 12.2 Å². The maximum absolute atomic E-state index is 9.40. The minimum atomic E-state index is 0.590. The molecule has 4 nitrogen and oxygen atoms in total. The van der Waals surface area contributed by atoms with Crippen molar-refractivity contribution >= 4 is 17.2 Å². The van der Waals surface area contributed by atoms with Crippen LogP contribution in [0.2, 0.25) is 0 Å².